The minimum Gasteiger partial charge on any atom is -0.465 e. The number of hydrogen-bond donors (Lipinski definition) is 4. The maximum Gasteiger partial charge on any atom is 0.404 e. The van der Waals surface area contributed by atoms with Gasteiger partial charge in [-0.3, -0.25) is 0 Å². The van der Waals surface area contributed by atoms with Crippen LogP contribution in [0.15, 0.2) is 0 Å². The quantitative estimate of drug-likeness (QED) is 0.417. The lowest BCUT2D eigenvalue weighted by Crippen LogP contribution is -2.48. The molecule has 6 nitrogen and oxygen atoms in total. The van der Waals surface area contributed by atoms with Crippen LogP contribution in [0.3, 0.4) is 0 Å². The lowest BCUT2D eigenvalue weighted by molar-refractivity contribution is -0.147. The van der Waals surface area contributed by atoms with Crippen molar-refractivity contribution in [2.45, 2.75) is 70.9 Å². The number of amides is 2. The predicted octanol–water partition coefficient (Wildman–Crippen LogP) is 4.61. The Morgan fingerprint density at radius 1 is 0.852 bits per heavy atom. The van der Waals surface area contributed by atoms with Crippen molar-refractivity contribution in [3.63, 3.8) is 0 Å². The minimum atomic E-state index is -4.64. The highest BCUT2D eigenvalue weighted by molar-refractivity contribution is 5.65. The normalized spacial score (nSPS) is 16.3. The van der Waals surface area contributed by atoms with Crippen molar-refractivity contribution in [2.75, 3.05) is 0 Å². The van der Waals surface area contributed by atoms with E-state index in [0.717, 1.165) is 0 Å². The average Bonchev–Trinajstić information content (AvgIpc) is 2.31. The molecule has 0 aliphatic heterocycles. The molecule has 0 radical (unpaired) electrons. The molecule has 12 heteroatoms. The van der Waals surface area contributed by atoms with E-state index in [1.54, 1.807) is 5.32 Å². The molecule has 27 heavy (non-hydrogen) atoms. The summed E-state index contributed by atoms with van der Waals surface area (Å²) in [5.41, 5.74) is -1.24. The van der Waals surface area contributed by atoms with E-state index in [0.29, 0.717) is 0 Å². The van der Waals surface area contributed by atoms with Crippen LogP contribution in [0.25, 0.3) is 0 Å². The minimum absolute atomic E-state index is 0.0519. The number of carboxylic acid groups (broad SMARTS) is 2. The molecule has 160 valence electrons. The van der Waals surface area contributed by atoms with Crippen LogP contribution in [-0.4, -0.2) is 46.8 Å². The topological polar surface area (TPSA) is 98.7 Å². The van der Waals surface area contributed by atoms with Crippen LogP contribution in [0.2, 0.25) is 0 Å². The molecule has 0 bridgehead atoms. The van der Waals surface area contributed by atoms with Crippen molar-refractivity contribution in [2.24, 2.45) is 11.3 Å². The molecule has 3 atom stereocenters. The van der Waals surface area contributed by atoms with Gasteiger partial charge in [0.15, 0.2) is 0 Å². The number of halogens is 6. The molecule has 0 saturated heterocycles. The maximum atomic E-state index is 12.7. The number of nitrogens with one attached hydrogen (secondary N) is 2. The van der Waals surface area contributed by atoms with Crippen LogP contribution in [-0.2, 0) is 0 Å². The van der Waals surface area contributed by atoms with E-state index in [1.807, 2.05) is 5.32 Å². The highest BCUT2D eigenvalue weighted by atomic mass is 19.4. The second-order valence-electron chi connectivity index (χ2n) is 7.32. The molecule has 0 fully saturated rings. The summed E-state index contributed by atoms with van der Waals surface area (Å²) in [5, 5.41) is 21.0. The SMILES string of the molecule is CC(CC(CC(F)(F)F)NC(=O)O)CC(C)(C)C(CC(F)(F)F)NC(=O)O. The molecular formula is C15H24F6N2O4. The summed E-state index contributed by atoms with van der Waals surface area (Å²) in [6.45, 7) is 4.22. The second kappa shape index (κ2) is 9.36. The summed E-state index contributed by atoms with van der Waals surface area (Å²) in [6.07, 6.45) is -15.7. The van der Waals surface area contributed by atoms with Crippen LogP contribution in [0.5, 0.6) is 0 Å². The Balaban J connectivity index is 5.17. The molecule has 0 aromatic carbocycles. The smallest absolute Gasteiger partial charge is 0.404 e. The second-order valence-corrected chi connectivity index (χ2v) is 7.32. The maximum absolute atomic E-state index is 12.7. The van der Waals surface area contributed by atoms with E-state index in [-0.39, 0.29) is 12.8 Å². The zero-order valence-corrected chi connectivity index (χ0v) is 15.0. The van der Waals surface area contributed by atoms with Gasteiger partial charge in [0.2, 0.25) is 0 Å². The molecular weight excluding hydrogens is 386 g/mol. The largest absolute Gasteiger partial charge is 0.465 e. The Bertz CT molecular complexity index is 508. The highest BCUT2D eigenvalue weighted by Crippen LogP contribution is 2.37. The molecule has 0 aromatic heterocycles. The monoisotopic (exact) mass is 410 g/mol. The predicted molar refractivity (Wildman–Crippen MR) is 83.4 cm³/mol. The Hall–Kier alpha value is -1.88. The fraction of sp³-hybridized carbons (Fsp3) is 0.867. The van der Waals surface area contributed by atoms with Gasteiger partial charge >= 0.3 is 24.5 Å². The molecule has 0 aromatic rings. The standard InChI is InChI=1S/C15H24F6N2O4/c1-8(4-9(22-11(24)25)6-14(16,17)18)5-13(2,3)10(23-12(26)27)7-15(19,20)21/h8-10,22-23H,4-7H2,1-3H3,(H,24,25)(H,26,27). The summed E-state index contributed by atoms with van der Waals surface area (Å²) in [5.74, 6) is -0.606. The zero-order valence-electron chi connectivity index (χ0n) is 15.0. The Kier molecular flexibility index (Phi) is 8.71. The molecule has 0 heterocycles. The summed E-state index contributed by atoms with van der Waals surface area (Å²) in [7, 11) is 0. The van der Waals surface area contributed by atoms with Gasteiger partial charge in [0.1, 0.15) is 0 Å². The van der Waals surface area contributed by atoms with Crippen molar-refractivity contribution in [3.8, 4) is 0 Å². The zero-order chi connectivity index (χ0) is 21.6. The summed E-state index contributed by atoms with van der Waals surface area (Å²) >= 11 is 0. The van der Waals surface area contributed by atoms with E-state index >= 15 is 0 Å². The third kappa shape index (κ3) is 12.2. The van der Waals surface area contributed by atoms with Crippen LogP contribution in [0, 0.1) is 11.3 Å². The van der Waals surface area contributed by atoms with Crippen molar-refractivity contribution in [1.29, 1.82) is 0 Å². The van der Waals surface area contributed by atoms with Gasteiger partial charge in [-0.1, -0.05) is 20.8 Å². The van der Waals surface area contributed by atoms with Gasteiger partial charge < -0.3 is 20.8 Å². The Labute approximate surface area is 152 Å². The molecule has 0 saturated carbocycles. The van der Waals surface area contributed by atoms with Gasteiger partial charge in [-0.25, -0.2) is 9.59 Å². The number of rotatable bonds is 9. The number of alkyl halides is 6. The first kappa shape index (κ1) is 25.1. The van der Waals surface area contributed by atoms with E-state index in [2.05, 4.69) is 0 Å². The van der Waals surface area contributed by atoms with Gasteiger partial charge in [-0.15, -0.1) is 0 Å². The summed E-state index contributed by atoms with van der Waals surface area (Å²) in [4.78, 5) is 21.5. The van der Waals surface area contributed by atoms with Crippen LogP contribution in [0.4, 0.5) is 35.9 Å². The molecule has 0 spiro atoms. The third-order valence-electron chi connectivity index (χ3n) is 4.04. The first-order valence-corrected chi connectivity index (χ1v) is 8.03. The van der Waals surface area contributed by atoms with Crippen molar-refractivity contribution >= 4 is 12.2 Å². The first-order chi connectivity index (χ1) is 11.9. The van der Waals surface area contributed by atoms with E-state index in [1.165, 1.54) is 20.8 Å². The van der Waals surface area contributed by atoms with Crippen LogP contribution >= 0.6 is 0 Å². The lowest BCUT2D eigenvalue weighted by Gasteiger charge is -2.37. The Morgan fingerprint density at radius 2 is 1.30 bits per heavy atom. The molecule has 4 N–H and O–H groups in total. The first-order valence-electron chi connectivity index (χ1n) is 8.03. The van der Waals surface area contributed by atoms with Gasteiger partial charge in [-0.05, 0) is 24.2 Å². The molecule has 0 rings (SSSR count). The van der Waals surface area contributed by atoms with Crippen molar-refractivity contribution in [1.82, 2.24) is 10.6 Å². The lowest BCUT2D eigenvalue weighted by atomic mass is 9.74. The Morgan fingerprint density at radius 3 is 1.67 bits per heavy atom. The highest BCUT2D eigenvalue weighted by Gasteiger charge is 2.41. The van der Waals surface area contributed by atoms with Crippen molar-refractivity contribution < 1.29 is 46.1 Å². The fourth-order valence-corrected chi connectivity index (χ4v) is 3.16. The molecule has 3 unspecified atom stereocenters. The van der Waals surface area contributed by atoms with Gasteiger partial charge in [-0.2, -0.15) is 26.3 Å². The van der Waals surface area contributed by atoms with Gasteiger partial charge in [0.05, 0.1) is 12.8 Å². The van der Waals surface area contributed by atoms with Crippen LogP contribution in [0.1, 0.15) is 46.5 Å². The summed E-state index contributed by atoms with van der Waals surface area (Å²) in [6, 6.07) is -2.97. The van der Waals surface area contributed by atoms with Gasteiger partial charge in [0, 0.05) is 12.1 Å². The number of carbonyl (C=O) groups is 2. The molecule has 2 amide bonds. The van der Waals surface area contributed by atoms with E-state index in [4.69, 9.17) is 10.2 Å². The summed E-state index contributed by atoms with van der Waals surface area (Å²) < 4.78 is 75.9. The fourth-order valence-electron chi connectivity index (χ4n) is 3.16. The van der Waals surface area contributed by atoms with E-state index < -0.39 is 60.8 Å². The van der Waals surface area contributed by atoms with Crippen molar-refractivity contribution in [3.05, 3.63) is 0 Å². The molecule has 0 aliphatic carbocycles. The van der Waals surface area contributed by atoms with Gasteiger partial charge in [0.25, 0.3) is 0 Å². The van der Waals surface area contributed by atoms with Crippen LogP contribution < -0.4 is 10.6 Å². The number of hydrogen-bond acceptors (Lipinski definition) is 2. The third-order valence-corrected chi connectivity index (χ3v) is 4.04. The molecule has 0 aliphatic rings. The van der Waals surface area contributed by atoms with E-state index in [9.17, 15) is 35.9 Å². The average molecular weight is 410 g/mol.